The molecule has 21 heavy (non-hydrogen) atoms. The van der Waals surface area contributed by atoms with Gasteiger partial charge in [0.2, 0.25) is 0 Å². The zero-order valence-corrected chi connectivity index (χ0v) is 14.3. The van der Waals surface area contributed by atoms with Crippen LogP contribution in [0.2, 0.25) is 0 Å². The van der Waals surface area contributed by atoms with E-state index < -0.39 is 26.0 Å². The van der Waals surface area contributed by atoms with Gasteiger partial charge < -0.3 is 0 Å². The fourth-order valence-electron chi connectivity index (χ4n) is 4.80. The smallest absolute Gasteiger partial charge is 0.186 e. The van der Waals surface area contributed by atoms with Crippen molar-refractivity contribution in [1.82, 2.24) is 0 Å². The van der Waals surface area contributed by atoms with Gasteiger partial charge in [-0.05, 0) is 20.8 Å². The molecular weight excluding hydrogens is 328 g/mol. The highest BCUT2D eigenvalue weighted by Crippen LogP contribution is 2.84. The first-order chi connectivity index (χ1) is 9.56. The third-order valence-electron chi connectivity index (χ3n) is 6.67. The summed E-state index contributed by atoms with van der Waals surface area (Å²) in [4.78, 5) is 0. The molecule has 5 heteroatoms. The molecule has 0 aliphatic heterocycles. The van der Waals surface area contributed by atoms with Crippen molar-refractivity contribution >= 4 is 15.9 Å². The molecule has 106 valence electrons. The molecule has 2 aliphatic carbocycles. The van der Waals surface area contributed by atoms with Crippen molar-refractivity contribution in [3.05, 3.63) is 11.1 Å². The Kier molecular flexibility index (Phi) is 2.73. The second kappa shape index (κ2) is 3.68. The maximum absolute atomic E-state index is 9.83. The first-order valence-electron chi connectivity index (χ1n) is 6.58. The molecule has 2 bridgehead atoms. The van der Waals surface area contributed by atoms with Gasteiger partial charge in [-0.3, -0.25) is 0 Å². The van der Waals surface area contributed by atoms with Gasteiger partial charge in [0.25, 0.3) is 0 Å². The van der Waals surface area contributed by atoms with Gasteiger partial charge in [0.05, 0.1) is 24.3 Å². The van der Waals surface area contributed by atoms with Crippen LogP contribution >= 0.6 is 15.9 Å². The minimum Gasteiger partial charge on any atom is -0.196 e. The van der Waals surface area contributed by atoms with Gasteiger partial charge in [-0.2, -0.15) is 21.0 Å². The van der Waals surface area contributed by atoms with Crippen molar-refractivity contribution in [2.75, 3.05) is 0 Å². The SMILES string of the molecule is CC1=C(C)[C@]2(C)C(C#N)(C#N)C(C#N)(C#N)[C@@]1(C)C2(C)Br. The Hall–Kier alpha value is -1.82. The topological polar surface area (TPSA) is 95.2 Å². The molecule has 0 aromatic rings. The van der Waals surface area contributed by atoms with Crippen LogP contribution in [0.15, 0.2) is 11.1 Å². The van der Waals surface area contributed by atoms with Crippen molar-refractivity contribution in [3.63, 3.8) is 0 Å². The Labute approximate surface area is 133 Å². The van der Waals surface area contributed by atoms with Crippen LogP contribution < -0.4 is 0 Å². The quantitative estimate of drug-likeness (QED) is 0.496. The fourth-order valence-corrected chi connectivity index (χ4v) is 5.99. The monoisotopic (exact) mass is 342 g/mol. The van der Waals surface area contributed by atoms with E-state index in [1.165, 1.54) is 0 Å². The summed E-state index contributed by atoms with van der Waals surface area (Å²) < 4.78 is -0.738. The first-order valence-corrected chi connectivity index (χ1v) is 7.38. The molecule has 0 saturated heterocycles. The van der Waals surface area contributed by atoms with E-state index in [2.05, 4.69) is 40.2 Å². The molecule has 0 aromatic heterocycles. The maximum atomic E-state index is 9.83. The Balaban J connectivity index is 3.20. The van der Waals surface area contributed by atoms with E-state index in [1.807, 2.05) is 34.6 Å². The lowest BCUT2D eigenvalue weighted by atomic mass is 9.49. The Morgan fingerprint density at radius 1 is 0.714 bits per heavy atom. The Morgan fingerprint density at radius 3 is 1.14 bits per heavy atom. The molecule has 1 unspecified atom stereocenters. The predicted molar refractivity (Wildman–Crippen MR) is 79.2 cm³/mol. The van der Waals surface area contributed by atoms with Gasteiger partial charge in [0, 0.05) is 15.2 Å². The summed E-state index contributed by atoms with van der Waals surface area (Å²) in [5.41, 5.74) is -3.47. The van der Waals surface area contributed by atoms with E-state index in [-0.39, 0.29) is 0 Å². The van der Waals surface area contributed by atoms with Crippen LogP contribution in [0.4, 0.5) is 0 Å². The van der Waals surface area contributed by atoms with Crippen LogP contribution in [0.1, 0.15) is 34.6 Å². The number of nitriles is 4. The van der Waals surface area contributed by atoms with Crippen LogP contribution in [0, 0.1) is 67.0 Å². The molecule has 0 N–H and O–H groups in total. The summed E-state index contributed by atoms with van der Waals surface area (Å²) >= 11 is 3.70. The summed E-state index contributed by atoms with van der Waals surface area (Å²) in [6, 6.07) is 8.21. The van der Waals surface area contributed by atoms with Gasteiger partial charge in [0.15, 0.2) is 10.8 Å². The number of hydrogen-bond acceptors (Lipinski definition) is 4. The van der Waals surface area contributed by atoms with Crippen LogP contribution in [0.25, 0.3) is 0 Å². The largest absolute Gasteiger partial charge is 0.196 e. The van der Waals surface area contributed by atoms with Gasteiger partial charge in [-0.25, -0.2) is 0 Å². The number of nitrogens with zero attached hydrogens (tertiary/aromatic N) is 4. The number of rotatable bonds is 0. The fraction of sp³-hybridized carbons (Fsp3) is 0.625. The van der Waals surface area contributed by atoms with Crippen molar-refractivity contribution in [2.24, 2.45) is 21.7 Å². The van der Waals surface area contributed by atoms with Gasteiger partial charge in [-0.1, -0.05) is 40.9 Å². The third kappa shape index (κ3) is 0.939. The molecule has 0 heterocycles. The van der Waals surface area contributed by atoms with Crippen molar-refractivity contribution in [2.45, 2.75) is 38.9 Å². The van der Waals surface area contributed by atoms with E-state index in [0.29, 0.717) is 0 Å². The van der Waals surface area contributed by atoms with E-state index >= 15 is 0 Å². The van der Waals surface area contributed by atoms with Crippen LogP contribution in [0.5, 0.6) is 0 Å². The number of fused-ring (bicyclic) bond motifs is 2. The molecule has 1 fully saturated rings. The van der Waals surface area contributed by atoms with Crippen LogP contribution in [-0.4, -0.2) is 4.32 Å². The minimum absolute atomic E-state index is 0.738. The molecule has 0 aromatic carbocycles. The molecule has 2 rings (SSSR count). The zero-order valence-electron chi connectivity index (χ0n) is 12.7. The van der Waals surface area contributed by atoms with Crippen LogP contribution in [-0.2, 0) is 0 Å². The summed E-state index contributed by atoms with van der Waals surface area (Å²) in [6.45, 7) is 9.29. The normalized spacial score (nSPS) is 41.8. The number of halogens is 1. The predicted octanol–water partition coefficient (Wildman–Crippen LogP) is 3.58. The van der Waals surface area contributed by atoms with E-state index in [9.17, 15) is 21.0 Å². The molecule has 0 radical (unpaired) electrons. The minimum atomic E-state index is -1.72. The second-order valence-electron chi connectivity index (χ2n) is 6.45. The van der Waals surface area contributed by atoms with E-state index in [1.54, 1.807) is 0 Å². The summed E-state index contributed by atoms with van der Waals surface area (Å²) in [5.74, 6) is 0. The molecule has 2 aliphatic rings. The van der Waals surface area contributed by atoms with E-state index in [0.717, 1.165) is 11.1 Å². The lowest BCUT2D eigenvalue weighted by molar-refractivity contribution is 0.155. The van der Waals surface area contributed by atoms with Gasteiger partial charge >= 0.3 is 0 Å². The van der Waals surface area contributed by atoms with Gasteiger partial charge in [0.1, 0.15) is 0 Å². The molecule has 0 amide bonds. The second-order valence-corrected chi connectivity index (χ2v) is 8.04. The molecule has 4 nitrogen and oxygen atoms in total. The number of alkyl halides is 1. The highest BCUT2D eigenvalue weighted by Gasteiger charge is 2.89. The molecule has 3 atom stereocenters. The average molecular weight is 343 g/mol. The van der Waals surface area contributed by atoms with Crippen molar-refractivity contribution in [1.29, 1.82) is 21.0 Å². The first kappa shape index (κ1) is 15.6. The highest BCUT2D eigenvalue weighted by atomic mass is 79.9. The lowest BCUT2D eigenvalue weighted by Crippen LogP contribution is -2.51. The molecular formula is C16H15BrN4. The van der Waals surface area contributed by atoms with Crippen molar-refractivity contribution < 1.29 is 0 Å². The Morgan fingerprint density at radius 2 is 0.952 bits per heavy atom. The zero-order chi connectivity index (χ0) is 16.5. The summed E-state index contributed by atoms with van der Waals surface area (Å²) in [7, 11) is 0. The summed E-state index contributed by atoms with van der Waals surface area (Å²) in [5, 5.41) is 39.3. The maximum Gasteiger partial charge on any atom is 0.186 e. The average Bonchev–Trinajstić information content (AvgIpc) is 2.64. The standard InChI is InChI=1S/C16H15BrN4/c1-10-11(2)13(4)14(5,17)12(10,3)15(6-18,7-19)16(13,8-20)9-21/h1-5H3/t12-,13+,14?. The van der Waals surface area contributed by atoms with E-state index in [4.69, 9.17) is 0 Å². The highest BCUT2D eigenvalue weighted by molar-refractivity contribution is 9.10. The Bertz CT molecular complexity index is 659. The van der Waals surface area contributed by atoms with Gasteiger partial charge in [-0.15, -0.1) is 0 Å². The lowest BCUT2D eigenvalue weighted by Gasteiger charge is -2.44. The van der Waals surface area contributed by atoms with Crippen LogP contribution in [0.3, 0.4) is 0 Å². The number of hydrogen-bond donors (Lipinski definition) is 0. The molecule has 1 saturated carbocycles. The number of allylic oxidation sites excluding steroid dienone is 2. The summed E-state index contributed by atoms with van der Waals surface area (Å²) in [6.07, 6.45) is 0. The molecule has 0 spiro atoms. The third-order valence-corrected chi connectivity index (χ3v) is 8.26. The van der Waals surface area contributed by atoms with Crippen molar-refractivity contribution in [3.8, 4) is 24.3 Å².